The van der Waals surface area contributed by atoms with Crippen LogP contribution in [0.1, 0.15) is 40.0 Å². The molecule has 2 rings (SSSR count). The van der Waals surface area contributed by atoms with Crippen LogP contribution in [-0.4, -0.2) is 37.6 Å². The molecule has 0 aliphatic heterocycles. The SMILES string of the molecule is CC1(C)[C@H]2CC[C@]1(C)C(OCCOCCO)C2. The van der Waals surface area contributed by atoms with Crippen molar-refractivity contribution in [1.29, 1.82) is 0 Å². The molecular formula is C14H26O3. The first-order valence-corrected chi connectivity index (χ1v) is 6.82. The zero-order valence-electron chi connectivity index (χ0n) is 11.4. The van der Waals surface area contributed by atoms with Gasteiger partial charge in [-0.25, -0.2) is 0 Å². The quantitative estimate of drug-likeness (QED) is 0.726. The summed E-state index contributed by atoms with van der Waals surface area (Å²) in [7, 11) is 0. The maximum absolute atomic E-state index is 8.61. The average Bonchev–Trinajstić information content (AvgIpc) is 2.61. The zero-order chi connectivity index (χ0) is 12.5. The Morgan fingerprint density at radius 2 is 1.94 bits per heavy atom. The molecule has 2 aliphatic rings. The molecule has 0 amide bonds. The number of aliphatic hydroxyl groups excluding tert-OH is 1. The molecule has 2 fully saturated rings. The molecule has 0 radical (unpaired) electrons. The van der Waals surface area contributed by atoms with Gasteiger partial charge in [-0.3, -0.25) is 0 Å². The van der Waals surface area contributed by atoms with Gasteiger partial charge in [0.05, 0.1) is 32.5 Å². The zero-order valence-corrected chi connectivity index (χ0v) is 11.4. The summed E-state index contributed by atoms with van der Waals surface area (Å²) in [5.41, 5.74) is 0.762. The molecule has 100 valence electrons. The Bertz CT molecular complexity index is 264. The Kier molecular flexibility index (Phi) is 3.81. The molecule has 3 heteroatoms. The maximum atomic E-state index is 8.61. The lowest BCUT2D eigenvalue weighted by atomic mass is 9.70. The molecule has 2 aliphatic carbocycles. The molecule has 3 atom stereocenters. The van der Waals surface area contributed by atoms with E-state index in [0.717, 1.165) is 5.92 Å². The third kappa shape index (κ3) is 2.13. The van der Waals surface area contributed by atoms with Gasteiger partial charge in [-0.1, -0.05) is 20.8 Å². The molecule has 1 unspecified atom stereocenters. The van der Waals surface area contributed by atoms with E-state index in [2.05, 4.69) is 20.8 Å². The summed E-state index contributed by atoms with van der Waals surface area (Å²) in [6.07, 6.45) is 4.27. The summed E-state index contributed by atoms with van der Waals surface area (Å²) in [4.78, 5) is 0. The number of rotatable bonds is 6. The van der Waals surface area contributed by atoms with Gasteiger partial charge in [0.1, 0.15) is 0 Å². The molecule has 17 heavy (non-hydrogen) atoms. The number of hydrogen-bond acceptors (Lipinski definition) is 3. The summed E-state index contributed by atoms with van der Waals surface area (Å²) in [5.74, 6) is 0.830. The second kappa shape index (κ2) is 4.87. The van der Waals surface area contributed by atoms with Gasteiger partial charge in [-0.2, -0.15) is 0 Å². The second-order valence-electron chi connectivity index (χ2n) is 6.31. The molecule has 0 aromatic rings. The van der Waals surface area contributed by atoms with E-state index in [-0.39, 0.29) is 6.61 Å². The minimum absolute atomic E-state index is 0.0935. The Labute approximate surface area is 104 Å². The van der Waals surface area contributed by atoms with E-state index in [0.29, 0.717) is 36.8 Å². The van der Waals surface area contributed by atoms with Crippen LogP contribution in [0.25, 0.3) is 0 Å². The van der Waals surface area contributed by atoms with Crippen molar-refractivity contribution in [2.75, 3.05) is 26.4 Å². The second-order valence-corrected chi connectivity index (χ2v) is 6.31. The molecule has 0 heterocycles. The van der Waals surface area contributed by atoms with Crippen LogP contribution in [0.2, 0.25) is 0 Å². The van der Waals surface area contributed by atoms with Gasteiger partial charge in [-0.05, 0) is 36.0 Å². The van der Waals surface area contributed by atoms with Gasteiger partial charge < -0.3 is 14.6 Å². The van der Waals surface area contributed by atoms with E-state index in [1.54, 1.807) is 0 Å². The van der Waals surface area contributed by atoms with Crippen LogP contribution in [0.4, 0.5) is 0 Å². The van der Waals surface area contributed by atoms with Crippen LogP contribution < -0.4 is 0 Å². The number of fused-ring (bicyclic) bond motifs is 2. The van der Waals surface area contributed by atoms with E-state index in [1.807, 2.05) is 0 Å². The molecule has 0 spiro atoms. The number of hydrogen-bond donors (Lipinski definition) is 1. The summed E-state index contributed by atoms with van der Waals surface area (Å²) in [6.45, 7) is 8.95. The Hall–Kier alpha value is -0.120. The third-order valence-corrected chi connectivity index (χ3v) is 5.50. The highest BCUT2D eigenvalue weighted by molar-refractivity contribution is 5.11. The molecular weight excluding hydrogens is 216 g/mol. The Morgan fingerprint density at radius 1 is 1.18 bits per heavy atom. The van der Waals surface area contributed by atoms with Crippen LogP contribution in [0.3, 0.4) is 0 Å². The van der Waals surface area contributed by atoms with E-state index in [9.17, 15) is 0 Å². The van der Waals surface area contributed by atoms with Crippen LogP contribution in [0, 0.1) is 16.7 Å². The monoisotopic (exact) mass is 242 g/mol. The van der Waals surface area contributed by atoms with Crippen LogP contribution >= 0.6 is 0 Å². The van der Waals surface area contributed by atoms with Crippen LogP contribution in [-0.2, 0) is 9.47 Å². The van der Waals surface area contributed by atoms with E-state index in [4.69, 9.17) is 14.6 Å². The van der Waals surface area contributed by atoms with Crippen molar-refractivity contribution in [3.63, 3.8) is 0 Å². The smallest absolute Gasteiger partial charge is 0.0704 e. The summed E-state index contributed by atoms with van der Waals surface area (Å²) >= 11 is 0. The van der Waals surface area contributed by atoms with E-state index in [1.165, 1.54) is 19.3 Å². The highest BCUT2D eigenvalue weighted by Crippen LogP contribution is 2.66. The van der Waals surface area contributed by atoms with Crippen LogP contribution in [0.15, 0.2) is 0 Å². The van der Waals surface area contributed by atoms with Crippen molar-refractivity contribution in [2.45, 2.75) is 46.1 Å². The standard InChI is InChI=1S/C14H26O3/c1-13(2)11-4-5-14(13,3)12(10-11)17-9-8-16-7-6-15/h11-12,15H,4-10H2,1-3H3/t11-,12?,14+/m0/s1. The van der Waals surface area contributed by atoms with Gasteiger partial charge in [0, 0.05) is 0 Å². The van der Waals surface area contributed by atoms with E-state index < -0.39 is 0 Å². The molecule has 0 aromatic carbocycles. The normalized spacial score (nSPS) is 38.8. The Balaban J connectivity index is 1.80. The molecule has 3 nitrogen and oxygen atoms in total. The lowest BCUT2D eigenvalue weighted by Gasteiger charge is -2.38. The van der Waals surface area contributed by atoms with Crippen molar-refractivity contribution in [3.05, 3.63) is 0 Å². The topological polar surface area (TPSA) is 38.7 Å². The van der Waals surface area contributed by atoms with Gasteiger partial charge in [0.25, 0.3) is 0 Å². The minimum atomic E-state index is 0.0935. The number of aliphatic hydroxyl groups is 1. The highest BCUT2D eigenvalue weighted by Gasteiger charge is 2.61. The fraction of sp³-hybridized carbons (Fsp3) is 1.00. The van der Waals surface area contributed by atoms with Crippen molar-refractivity contribution < 1.29 is 14.6 Å². The summed E-state index contributed by atoms with van der Waals surface area (Å²) < 4.78 is 11.2. The predicted octanol–water partition coefficient (Wildman–Crippen LogP) is 2.23. The number of ether oxygens (including phenoxy) is 2. The summed E-state index contributed by atoms with van der Waals surface area (Å²) in [6, 6.07) is 0. The molecule has 2 saturated carbocycles. The van der Waals surface area contributed by atoms with Crippen molar-refractivity contribution in [3.8, 4) is 0 Å². The first kappa shape index (κ1) is 13.3. The lowest BCUT2D eigenvalue weighted by Crippen LogP contribution is -2.37. The highest BCUT2D eigenvalue weighted by atomic mass is 16.5. The fourth-order valence-electron chi connectivity index (χ4n) is 3.80. The Morgan fingerprint density at radius 3 is 2.47 bits per heavy atom. The average molecular weight is 242 g/mol. The van der Waals surface area contributed by atoms with Crippen molar-refractivity contribution in [1.82, 2.24) is 0 Å². The summed E-state index contributed by atoms with van der Waals surface area (Å²) in [5, 5.41) is 8.61. The largest absolute Gasteiger partial charge is 0.394 e. The van der Waals surface area contributed by atoms with Crippen molar-refractivity contribution in [2.24, 2.45) is 16.7 Å². The predicted molar refractivity (Wildman–Crippen MR) is 66.9 cm³/mol. The van der Waals surface area contributed by atoms with Gasteiger partial charge >= 0.3 is 0 Å². The molecule has 2 bridgehead atoms. The van der Waals surface area contributed by atoms with E-state index >= 15 is 0 Å². The van der Waals surface area contributed by atoms with Gasteiger partial charge in [0.2, 0.25) is 0 Å². The first-order chi connectivity index (χ1) is 8.02. The fourth-order valence-corrected chi connectivity index (χ4v) is 3.80. The van der Waals surface area contributed by atoms with Crippen molar-refractivity contribution >= 4 is 0 Å². The molecule has 1 N–H and O–H groups in total. The molecule has 0 saturated heterocycles. The lowest BCUT2D eigenvalue weighted by molar-refractivity contribution is -0.0662. The maximum Gasteiger partial charge on any atom is 0.0704 e. The minimum Gasteiger partial charge on any atom is -0.394 e. The molecule has 0 aromatic heterocycles. The van der Waals surface area contributed by atoms with Crippen LogP contribution in [0.5, 0.6) is 0 Å². The third-order valence-electron chi connectivity index (χ3n) is 5.50. The van der Waals surface area contributed by atoms with Gasteiger partial charge in [0.15, 0.2) is 0 Å². The first-order valence-electron chi connectivity index (χ1n) is 6.82. The van der Waals surface area contributed by atoms with Gasteiger partial charge in [-0.15, -0.1) is 0 Å².